The number of carbonyl (C=O) groups is 1. The average Bonchev–Trinajstić information content (AvgIpc) is 2.44. The van der Waals surface area contributed by atoms with Gasteiger partial charge in [-0.05, 0) is 56.5 Å². The van der Waals surface area contributed by atoms with E-state index in [9.17, 15) is 4.79 Å². The van der Waals surface area contributed by atoms with Gasteiger partial charge in [0, 0.05) is 36.4 Å². The highest BCUT2D eigenvalue weighted by Crippen LogP contribution is 2.09. The molecule has 4 heteroatoms. The summed E-state index contributed by atoms with van der Waals surface area (Å²) in [5.41, 5.74) is 5.24. The van der Waals surface area contributed by atoms with E-state index in [-0.39, 0.29) is 0 Å². The van der Waals surface area contributed by atoms with Crippen molar-refractivity contribution in [1.29, 1.82) is 0 Å². The van der Waals surface area contributed by atoms with E-state index >= 15 is 0 Å². The molecule has 2 aromatic heterocycles. The number of hydrogen-bond acceptors (Lipinski definition) is 3. The minimum Gasteiger partial charge on any atom is -0.341 e. The highest BCUT2D eigenvalue weighted by molar-refractivity contribution is 5.47. The Kier molecular flexibility index (Phi) is 5.04. The first-order chi connectivity index (χ1) is 10.1. The average molecular weight is 283 g/mol. The predicted molar refractivity (Wildman–Crippen MR) is 82.9 cm³/mol. The van der Waals surface area contributed by atoms with Crippen LogP contribution in [0.4, 0.5) is 0 Å². The highest BCUT2D eigenvalue weighted by atomic mass is 16.1. The molecule has 0 fully saturated rings. The van der Waals surface area contributed by atoms with Gasteiger partial charge in [0.2, 0.25) is 6.41 Å². The third-order valence-electron chi connectivity index (χ3n) is 3.34. The zero-order valence-corrected chi connectivity index (χ0v) is 12.8. The number of pyridine rings is 2. The van der Waals surface area contributed by atoms with Crippen molar-refractivity contribution < 1.29 is 4.79 Å². The van der Waals surface area contributed by atoms with Gasteiger partial charge >= 0.3 is 0 Å². The molecule has 0 aliphatic rings. The summed E-state index contributed by atoms with van der Waals surface area (Å²) in [5, 5.41) is 0. The van der Waals surface area contributed by atoms with E-state index in [0.717, 1.165) is 41.0 Å². The first kappa shape index (κ1) is 15.2. The summed E-state index contributed by atoms with van der Waals surface area (Å²) in [6, 6.07) is 8.11. The van der Waals surface area contributed by atoms with Crippen LogP contribution >= 0.6 is 0 Å². The third-order valence-corrected chi connectivity index (χ3v) is 3.34. The Bertz CT molecular complexity index is 588. The molecule has 0 unspecified atom stereocenters. The summed E-state index contributed by atoms with van der Waals surface area (Å²) in [5.74, 6) is 0. The van der Waals surface area contributed by atoms with E-state index < -0.39 is 0 Å². The molecule has 2 heterocycles. The first-order valence-corrected chi connectivity index (χ1v) is 7.12. The van der Waals surface area contributed by atoms with E-state index in [1.807, 2.05) is 45.2 Å². The van der Waals surface area contributed by atoms with Crippen LogP contribution in [0.1, 0.15) is 28.2 Å². The van der Waals surface area contributed by atoms with Crippen LogP contribution in [0.5, 0.6) is 0 Å². The summed E-state index contributed by atoms with van der Waals surface area (Å²) < 4.78 is 0. The molecule has 0 saturated heterocycles. The largest absolute Gasteiger partial charge is 0.341 e. The molecule has 0 saturated carbocycles. The Balaban J connectivity index is 1.96. The molecule has 0 aliphatic heterocycles. The Hall–Kier alpha value is -2.23. The lowest BCUT2D eigenvalue weighted by Gasteiger charge is -2.18. The summed E-state index contributed by atoms with van der Waals surface area (Å²) in [4.78, 5) is 21.7. The molecule has 0 N–H and O–H groups in total. The normalized spacial score (nSPS) is 10.4. The summed E-state index contributed by atoms with van der Waals surface area (Å²) in [7, 11) is 0. The van der Waals surface area contributed by atoms with Gasteiger partial charge in [0.05, 0.1) is 0 Å². The second-order valence-corrected chi connectivity index (χ2v) is 5.39. The number of aryl methyl sites for hydroxylation is 3. The van der Waals surface area contributed by atoms with Gasteiger partial charge in [0.15, 0.2) is 0 Å². The summed E-state index contributed by atoms with van der Waals surface area (Å²) in [6.45, 7) is 7.22. The molecule has 0 aliphatic carbocycles. The van der Waals surface area contributed by atoms with Gasteiger partial charge in [0.1, 0.15) is 0 Å². The van der Waals surface area contributed by atoms with Gasteiger partial charge in [-0.2, -0.15) is 0 Å². The van der Waals surface area contributed by atoms with Crippen molar-refractivity contribution in [2.24, 2.45) is 0 Å². The van der Waals surface area contributed by atoms with Crippen molar-refractivity contribution >= 4 is 6.41 Å². The fourth-order valence-corrected chi connectivity index (χ4v) is 2.33. The minimum absolute atomic E-state index is 0.618. The Morgan fingerprint density at radius 2 is 1.76 bits per heavy atom. The van der Waals surface area contributed by atoms with Crippen molar-refractivity contribution in [3.8, 4) is 0 Å². The maximum absolute atomic E-state index is 11.2. The molecule has 4 nitrogen and oxygen atoms in total. The standard InChI is InChI=1S/C17H21N3O/c1-13-4-5-16(10-18-13)6-7-20(12-21)11-17-8-14(2)19-15(3)9-17/h4-5,8-10,12H,6-7,11H2,1-3H3. The lowest BCUT2D eigenvalue weighted by molar-refractivity contribution is -0.118. The molecule has 2 rings (SSSR count). The van der Waals surface area contributed by atoms with E-state index in [2.05, 4.69) is 16.0 Å². The van der Waals surface area contributed by atoms with E-state index in [4.69, 9.17) is 0 Å². The molecular weight excluding hydrogens is 262 g/mol. The minimum atomic E-state index is 0.618. The summed E-state index contributed by atoms with van der Waals surface area (Å²) in [6.07, 6.45) is 3.60. The molecule has 21 heavy (non-hydrogen) atoms. The monoisotopic (exact) mass is 283 g/mol. The van der Waals surface area contributed by atoms with Crippen molar-refractivity contribution in [2.75, 3.05) is 6.54 Å². The van der Waals surface area contributed by atoms with E-state index in [0.29, 0.717) is 13.1 Å². The van der Waals surface area contributed by atoms with Crippen LogP contribution in [-0.2, 0) is 17.8 Å². The second-order valence-electron chi connectivity index (χ2n) is 5.39. The second kappa shape index (κ2) is 6.97. The van der Waals surface area contributed by atoms with Gasteiger partial charge < -0.3 is 4.90 Å². The van der Waals surface area contributed by atoms with Crippen molar-refractivity contribution in [2.45, 2.75) is 33.7 Å². The number of rotatable bonds is 6. The molecule has 0 bridgehead atoms. The number of hydrogen-bond donors (Lipinski definition) is 0. The first-order valence-electron chi connectivity index (χ1n) is 7.12. The fourth-order valence-electron chi connectivity index (χ4n) is 2.33. The van der Waals surface area contributed by atoms with Crippen LogP contribution in [0, 0.1) is 20.8 Å². The van der Waals surface area contributed by atoms with Gasteiger partial charge in [0.25, 0.3) is 0 Å². The van der Waals surface area contributed by atoms with Gasteiger partial charge in [-0.25, -0.2) is 0 Å². The maximum Gasteiger partial charge on any atom is 0.210 e. The maximum atomic E-state index is 11.2. The smallest absolute Gasteiger partial charge is 0.210 e. The SMILES string of the molecule is Cc1ccc(CCN(C=O)Cc2cc(C)nc(C)c2)cn1. The highest BCUT2D eigenvalue weighted by Gasteiger charge is 2.05. The summed E-state index contributed by atoms with van der Waals surface area (Å²) >= 11 is 0. The molecule has 0 atom stereocenters. The number of carbonyl (C=O) groups excluding carboxylic acids is 1. The van der Waals surface area contributed by atoms with Crippen LogP contribution in [0.15, 0.2) is 30.5 Å². The van der Waals surface area contributed by atoms with Crippen molar-refractivity contribution in [1.82, 2.24) is 14.9 Å². The quantitative estimate of drug-likeness (QED) is 0.766. The van der Waals surface area contributed by atoms with E-state index in [1.165, 1.54) is 0 Å². The van der Waals surface area contributed by atoms with Gasteiger partial charge in [-0.15, -0.1) is 0 Å². The number of amides is 1. The van der Waals surface area contributed by atoms with Crippen LogP contribution in [-0.4, -0.2) is 27.8 Å². The molecule has 110 valence electrons. The van der Waals surface area contributed by atoms with E-state index in [1.54, 1.807) is 4.90 Å². The van der Waals surface area contributed by atoms with Gasteiger partial charge in [-0.3, -0.25) is 14.8 Å². The lowest BCUT2D eigenvalue weighted by atomic mass is 10.1. The van der Waals surface area contributed by atoms with Crippen LogP contribution in [0.25, 0.3) is 0 Å². The topological polar surface area (TPSA) is 46.1 Å². The fraction of sp³-hybridized carbons (Fsp3) is 0.353. The lowest BCUT2D eigenvalue weighted by Crippen LogP contribution is -2.24. The predicted octanol–water partition coefficient (Wildman–Crippen LogP) is 2.60. The number of aromatic nitrogens is 2. The molecule has 2 aromatic rings. The molecule has 0 radical (unpaired) electrons. The zero-order chi connectivity index (χ0) is 15.2. The van der Waals surface area contributed by atoms with Crippen LogP contribution in [0.2, 0.25) is 0 Å². The van der Waals surface area contributed by atoms with Crippen LogP contribution in [0.3, 0.4) is 0 Å². The Morgan fingerprint density at radius 3 is 2.33 bits per heavy atom. The zero-order valence-electron chi connectivity index (χ0n) is 12.8. The Morgan fingerprint density at radius 1 is 1.05 bits per heavy atom. The number of nitrogens with zero attached hydrogens (tertiary/aromatic N) is 3. The molecule has 0 aromatic carbocycles. The van der Waals surface area contributed by atoms with Gasteiger partial charge in [-0.1, -0.05) is 6.07 Å². The van der Waals surface area contributed by atoms with Crippen molar-refractivity contribution in [3.63, 3.8) is 0 Å². The molecule has 0 spiro atoms. The third kappa shape index (κ3) is 4.67. The molecular formula is C17H21N3O. The van der Waals surface area contributed by atoms with Crippen molar-refractivity contribution in [3.05, 3.63) is 58.7 Å². The Labute approximate surface area is 125 Å². The molecule has 1 amide bonds. The van der Waals surface area contributed by atoms with Crippen LogP contribution < -0.4 is 0 Å².